The van der Waals surface area contributed by atoms with Crippen LogP contribution in [0.3, 0.4) is 0 Å². The third-order valence-electron chi connectivity index (χ3n) is 3.77. The minimum atomic E-state index is 0.722. The van der Waals surface area contributed by atoms with Crippen molar-refractivity contribution in [2.24, 2.45) is 10.9 Å². The highest BCUT2D eigenvalue weighted by Gasteiger charge is 2.35. The molecule has 0 heterocycles. The topological polar surface area (TPSA) is 15.6 Å². The van der Waals surface area contributed by atoms with E-state index < -0.39 is 0 Å². The average Bonchev–Trinajstić information content (AvgIpc) is 3.01. The molecule has 2 rings (SSSR count). The average molecular weight is 194 g/mol. The van der Waals surface area contributed by atoms with Crippen LogP contribution >= 0.6 is 0 Å². The van der Waals surface area contributed by atoms with E-state index in [-0.39, 0.29) is 0 Å². The molecule has 2 aliphatic rings. The van der Waals surface area contributed by atoms with Crippen molar-refractivity contribution < 1.29 is 0 Å². The van der Waals surface area contributed by atoms with Gasteiger partial charge >= 0.3 is 0 Å². The van der Waals surface area contributed by atoms with Crippen LogP contribution < -0.4 is 0 Å². The van der Waals surface area contributed by atoms with Gasteiger partial charge in [-0.1, -0.05) is 12.8 Å². The second-order valence-electron chi connectivity index (χ2n) is 4.82. The maximum atomic E-state index is 4.22. The minimum absolute atomic E-state index is 0.722. The molecule has 14 heavy (non-hydrogen) atoms. The fourth-order valence-corrected chi connectivity index (χ4v) is 2.76. The van der Waals surface area contributed by atoms with Crippen molar-refractivity contribution >= 4 is 6.21 Å². The second-order valence-corrected chi connectivity index (χ2v) is 4.82. The highest BCUT2D eigenvalue weighted by atomic mass is 15.2. The lowest BCUT2D eigenvalue weighted by molar-refractivity contribution is 0.157. The Morgan fingerprint density at radius 2 is 1.86 bits per heavy atom. The third-order valence-corrected chi connectivity index (χ3v) is 3.77. The van der Waals surface area contributed by atoms with Gasteiger partial charge in [0, 0.05) is 31.3 Å². The maximum absolute atomic E-state index is 4.22. The smallest absolute Gasteiger partial charge is 0.0273 e. The summed E-state index contributed by atoms with van der Waals surface area (Å²) < 4.78 is 0. The largest absolute Gasteiger partial charge is 0.301 e. The first kappa shape index (κ1) is 10.2. The van der Waals surface area contributed by atoms with Gasteiger partial charge in [-0.3, -0.25) is 4.90 Å². The first-order valence-electron chi connectivity index (χ1n) is 5.97. The van der Waals surface area contributed by atoms with Gasteiger partial charge in [-0.05, 0) is 32.7 Å². The van der Waals surface area contributed by atoms with Gasteiger partial charge in [0.25, 0.3) is 0 Å². The summed E-state index contributed by atoms with van der Waals surface area (Å²) in [5.41, 5.74) is 0. The standard InChI is InChI=1S/C12H22N2/c1-13-9-10-5-3-4-6-12(10)14(2)11-7-8-11/h9-12H,3-8H2,1-2H3/b13-9+/t10?,12-/m0/s1. The molecule has 0 bridgehead atoms. The zero-order valence-corrected chi connectivity index (χ0v) is 9.45. The van der Waals surface area contributed by atoms with Crippen LogP contribution in [0.2, 0.25) is 0 Å². The van der Waals surface area contributed by atoms with E-state index in [9.17, 15) is 0 Å². The van der Waals surface area contributed by atoms with Crippen molar-refractivity contribution in [3.05, 3.63) is 0 Å². The molecule has 2 aliphatic carbocycles. The van der Waals surface area contributed by atoms with Crippen LogP contribution in [0.1, 0.15) is 38.5 Å². The molecule has 0 aliphatic heterocycles. The Hall–Kier alpha value is -0.370. The van der Waals surface area contributed by atoms with Crippen LogP contribution in [0.5, 0.6) is 0 Å². The van der Waals surface area contributed by atoms with Crippen LogP contribution in [0.15, 0.2) is 4.99 Å². The monoisotopic (exact) mass is 194 g/mol. The highest BCUT2D eigenvalue weighted by molar-refractivity contribution is 5.61. The van der Waals surface area contributed by atoms with E-state index in [1.54, 1.807) is 0 Å². The lowest BCUT2D eigenvalue weighted by atomic mass is 9.84. The molecule has 2 atom stereocenters. The molecule has 0 N–H and O–H groups in total. The quantitative estimate of drug-likeness (QED) is 0.630. The Kier molecular flexibility index (Phi) is 3.22. The molecule has 0 aromatic rings. The first-order chi connectivity index (χ1) is 6.83. The molecule has 80 valence electrons. The highest BCUT2D eigenvalue weighted by Crippen LogP contribution is 2.34. The SMILES string of the molecule is C/N=C/C1CCCC[C@@H]1N(C)C1CC1. The summed E-state index contributed by atoms with van der Waals surface area (Å²) in [5, 5.41) is 0. The molecule has 0 amide bonds. The zero-order valence-electron chi connectivity index (χ0n) is 9.45. The zero-order chi connectivity index (χ0) is 9.97. The fourth-order valence-electron chi connectivity index (χ4n) is 2.76. The van der Waals surface area contributed by atoms with Crippen molar-refractivity contribution in [1.29, 1.82) is 0 Å². The van der Waals surface area contributed by atoms with Crippen LogP contribution in [0.25, 0.3) is 0 Å². The van der Waals surface area contributed by atoms with Crippen molar-refractivity contribution in [2.45, 2.75) is 50.6 Å². The van der Waals surface area contributed by atoms with E-state index in [4.69, 9.17) is 0 Å². The summed E-state index contributed by atoms with van der Waals surface area (Å²) in [6, 6.07) is 1.67. The predicted molar refractivity (Wildman–Crippen MR) is 60.9 cm³/mol. The van der Waals surface area contributed by atoms with Crippen molar-refractivity contribution in [3.8, 4) is 0 Å². The van der Waals surface area contributed by atoms with E-state index in [0.29, 0.717) is 0 Å². The Morgan fingerprint density at radius 3 is 2.50 bits per heavy atom. The number of hydrogen-bond donors (Lipinski definition) is 0. The molecule has 0 saturated heterocycles. The van der Waals surface area contributed by atoms with Crippen LogP contribution in [0.4, 0.5) is 0 Å². The number of hydrogen-bond acceptors (Lipinski definition) is 2. The summed E-state index contributed by atoms with van der Waals surface area (Å²) >= 11 is 0. The van der Waals surface area contributed by atoms with Gasteiger partial charge in [0.15, 0.2) is 0 Å². The van der Waals surface area contributed by atoms with Gasteiger partial charge in [0.1, 0.15) is 0 Å². The van der Waals surface area contributed by atoms with Gasteiger partial charge in [-0.15, -0.1) is 0 Å². The summed E-state index contributed by atoms with van der Waals surface area (Å²) in [6.45, 7) is 0. The van der Waals surface area contributed by atoms with Crippen LogP contribution in [0, 0.1) is 5.92 Å². The lowest BCUT2D eigenvalue weighted by Gasteiger charge is -2.36. The fraction of sp³-hybridized carbons (Fsp3) is 0.917. The van der Waals surface area contributed by atoms with Gasteiger partial charge in [0.05, 0.1) is 0 Å². The van der Waals surface area contributed by atoms with Gasteiger partial charge < -0.3 is 4.99 Å². The van der Waals surface area contributed by atoms with Crippen LogP contribution in [-0.4, -0.2) is 37.3 Å². The molecule has 0 spiro atoms. The molecule has 0 aromatic heterocycles. The molecule has 2 nitrogen and oxygen atoms in total. The van der Waals surface area contributed by atoms with Gasteiger partial charge in [-0.25, -0.2) is 0 Å². The summed E-state index contributed by atoms with van der Waals surface area (Å²) in [7, 11) is 4.22. The normalized spacial score (nSPS) is 34.2. The maximum Gasteiger partial charge on any atom is 0.0273 e. The second kappa shape index (κ2) is 4.43. The van der Waals surface area contributed by atoms with E-state index in [0.717, 1.165) is 18.0 Å². The molecule has 0 radical (unpaired) electrons. The Morgan fingerprint density at radius 1 is 1.14 bits per heavy atom. The minimum Gasteiger partial charge on any atom is -0.301 e. The third kappa shape index (κ3) is 2.17. The molecular weight excluding hydrogens is 172 g/mol. The molecular formula is C12H22N2. The summed E-state index contributed by atoms with van der Waals surface area (Å²) in [5.74, 6) is 0.722. The molecule has 1 unspecified atom stereocenters. The summed E-state index contributed by atoms with van der Waals surface area (Å²) in [4.78, 5) is 6.84. The van der Waals surface area contributed by atoms with Crippen molar-refractivity contribution in [2.75, 3.05) is 14.1 Å². The Bertz CT molecular complexity index is 208. The molecule has 2 fully saturated rings. The molecule has 0 aromatic carbocycles. The molecule has 2 heteroatoms. The summed E-state index contributed by atoms with van der Waals surface area (Å²) in [6.07, 6.45) is 10.6. The Labute approximate surface area is 87.4 Å². The number of rotatable bonds is 3. The van der Waals surface area contributed by atoms with E-state index in [2.05, 4.69) is 23.2 Å². The van der Waals surface area contributed by atoms with Crippen LogP contribution in [-0.2, 0) is 0 Å². The first-order valence-corrected chi connectivity index (χ1v) is 5.97. The van der Waals surface area contributed by atoms with Gasteiger partial charge in [-0.2, -0.15) is 0 Å². The van der Waals surface area contributed by atoms with Crippen molar-refractivity contribution in [3.63, 3.8) is 0 Å². The van der Waals surface area contributed by atoms with Gasteiger partial charge in [0.2, 0.25) is 0 Å². The Balaban J connectivity index is 1.97. The predicted octanol–water partition coefficient (Wildman–Crippen LogP) is 2.34. The van der Waals surface area contributed by atoms with E-state index >= 15 is 0 Å². The van der Waals surface area contributed by atoms with E-state index in [1.165, 1.54) is 38.5 Å². The number of nitrogens with zero attached hydrogens (tertiary/aromatic N) is 2. The van der Waals surface area contributed by atoms with E-state index in [1.807, 2.05) is 7.05 Å². The number of aliphatic imine (C=N–C) groups is 1. The molecule has 2 saturated carbocycles. The van der Waals surface area contributed by atoms with Crippen molar-refractivity contribution in [1.82, 2.24) is 4.90 Å². The lowest BCUT2D eigenvalue weighted by Crippen LogP contribution is -2.41.